The molecular formula is C30H32FN5O2S. The van der Waals surface area contributed by atoms with Crippen LogP contribution in [0, 0.1) is 18.7 Å². The van der Waals surface area contributed by atoms with Gasteiger partial charge in [0.05, 0.1) is 16.5 Å². The van der Waals surface area contributed by atoms with Gasteiger partial charge in [0, 0.05) is 50.3 Å². The van der Waals surface area contributed by atoms with Gasteiger partial charge in [0.25, 0.3) is 11.8 Å². The molecule has 0 radical (unpaired) electrons. The van der Waals surface area contributed by atoms with Crippen LogP contribution in [-0.2, 0) is 7.05 Å². The van der Waals surface area contributed by atoms with Crippen LogP contribution in [0.3, 0.4) is 0 Å². The third-order valence-corrected chi connectivity index (χ3v) is 9.63. The van der Waals surface area contributed by atoms with Gasteiger partial charge in [-0.1, -0.05) is 41.7 Å². The second kappa shape index (κ2) is 9.79. The molecule has 202 valence electrons. The van der Waals surface area contributed by atoms with Crippen molar-refractivity contribution in [3.63, 3.8) is 0 Å². The lowest BCUT2D eigenvalue weighted by atomic mass is 9.97. The van der Waals surface area contributed by atoms with Crippen molar-refractivity contribution in [3.05, 3.63) is 71.3 Å². The molecule has 7 nitrogen and oxygen atoms in total. The molecule has 1 aliphatic carbocycles. The number of carbonyl (C=O) groups is 2. The molecule has 1 aliphatic heterocycles. The summed E-state index contributed by atoms with van der Waals surface area (Å²) in [5, 5.41) is 4.78. The van der Waals surface area contributed by atoms with Crippen molar-refractivity contribution in [3.8, 4) is 10.4 Å². The maximum atomic E-state index is 14.2. The summed E-state index contributed by atoms with van der Waals surface area (Å²) in [5.41, 5.74) is 3.60. The molecule has 0 spiro atoms. The Morgan fingerprint density at radius 1 is 1.15 bits per heavy atom. The number of benzene rings is 2. The zero-order valence-corrected chi connectivity index (χ0v) is 23.4. The Morgan fingerprint density at radius 3 is 2.72 bits per heavy atom. The summed E-state index contributed by atoms with van der Waals surface area (Å²) in [6.45, 7) is 2.34. The molecule has 1 saturated heterocycles. The summed E-state index contributed by atoms with van der Waals surface area (Å²) in [6.07, 6.45) is 2.92. The Bertz CT molecular complexity index is 1590. The summed E-state index contributed by atoms with van der Waals surface area (Å²) in [7, 11) is 5.73. The number of halogens is 1. The van der Waals surface area contributed by atoms with Crippen molar-refractivity contribution < 1.29 is 14.0 Å². The fraction of sp³-hybridized carbons (Fsp3) is 0.367. The monoisotopic (exact) mass is 545 g/mol. The lowest BCUT2D eigenvalue weighted by Gasteiger charge is -2.35. The largest absolute Gasteiger partial charge is 0.354 e. The normalized spacial score (nSPS) is 20.1. The number of hydrogen-bond donors (Lipinski definition) is 1. The number of nitrogens with one attached hydrogen (secondary N) is 1. The predicted molar refractivity (Wildman–Crippen MR) is 153 cm³/mol. The Balaban J connectivity index is 1.29. The molecule has 2 aromatic carbocycles. The zero-order valence-electron chi connectivity index (χ0n) is 22.6. The van der Waals surface area contributed by atoms with E-state index in [0.717, 1.165) is 35.9 Å². The minimum Gasteiger partial charge on any atom is -0.354 e. The quantitative estimate of drug-likeness (QED) is 0.360. The van der Waals surface area contributed by atoms with Crippen LogP contribution in [0.1, 0.15) is 45.8 Å². The average molecular weight is 546 g/mol. The number of nitrogens with zero attached hydrogens (tertiary/aromatic N) is 4. The lowest BCUT2D eigenvalue weighted by molar-refractivity contribution is 0.0577. The molecule has 2 aromatic heterocycles. The Morgan fingerprint density at radius 2 is 1.95 bits per heavy atom. The number of aryl methyl sites for hydroxylation is 1. The summed E-state index contributed by atoms with van der Waals surface area (Å²) in [4.78, 5) is 36.8. The smallest absolute Gasteiger partial charge is 0.274 e. The standard InChI is InChI=1S/C30H32FN5O2S/c1-17-25(22-10-5-6-11-23(22)35(17)4)28(37)32-16-24-18-12-13-21(15-18)36(24)29(38)26-27(39-30(33-26)34(2)3)19-8-7-9-20(31)14-19/h5-11,14,18,21,24H,12-13,15-16H2,1-4H3,(H,32,37)/t18-,21+,24+/m0/s1. The number of anilines is 1. The lowest BCUT2D eigenvalue weighted by Crippen LogP contribution is -2.50. The molecule has 2 bridgehead atoms. The van der Waals surface area contributed by atoms with Crippen molar-refractivity contribution in [2.24, 2.45) is 13.0 Å². The minimum atomic E-state index is -0.352. The van der Waals surface area contributed by atoms with Crippen molar-refractivity contribution in [1.29, 1.82) is 0 Å². The molecule has 2 amide bonds. The van der Waals surface area contributed by atoms with E-state index < -0.39 is 0 Å². The van der Waals surface area contributed by atoms with Gasteiger partial charge in [-0.15, -0.1) is 0 Å². The van der Waals surface area contributed by atoms with E-state index in [-0.39, 0.29) is 29.7 Å². The van der Waals surface area contributed by atoms with Crippen molar-refractivity contribution in [1.82, 2.24) is 19.8 Å². The highest BCUT2D eigenvalue weighted by molar-refractivity contribution is 7.19. The van der Waals surface area contributed by atoms with E-state index in [1.54, 1.807) is 6.07 Å². The summed E-state index contributed by atoms with van der Waals surface area (Å²) < 4.78 is 16.2. The molecule has 1 saturated carbocycles. The number of piperidine rings is 1. The molecule has 1 N–H and O–H groups in total. The second-order valence-corrected chi connectivity index (χ2v) is 11.8. The van der Waals surface area contributed by atoms with Gasteiger partial charge in [0.1, 0.15) is 11.5 Å². The van der Waals surface area contributed by atoms with Gasteiger partial charge >= 0.3 is 0 Å². The van der Waals surface area contributed by atoms with Crippen molar-refractivity contribution in [2.45, 2.75) is 38.3 Å². The SMILES string of the molecule is Cc1c(C(=O)NC[C@@H]2[C@H]3CC[C@H](C3)N2C(=O)c2nc(N(C)C)sc2-c2cccc(F)c2)c2ccccc2n1C. The number of fused-ring (bicyclic) bond motifs is 3. The highest BCUT2D eigenvalue weighted by Crippen LogP contribution is 2.44. The van der Waals surface area contributed by atoms with Crippen LogP contribution in [-0.4, -0.2) is 59.0 Å². The molecule has 3 atom stereocenters. The Labute approximate surface area is 231 Å². The van der Waals surface area contributed by atoms with Crippen LogP contribution < -0.4 is 10.2 Å². The number of thiazole rings is 1. The van der Waals surface area contributed by atoms with Crippen LogP contribution >= 0.6 is 11.3 Å². The fourth-order valence-corrected chi connectivity index (χ4v) is 7.34. The molecule has 6 rings (SSSR count). The van der Waals surface area contributed by atoms with Crippen LogP contribution in [0.5, 0.6) is 0 Å². The highest BCUT2D eigenvalue weighted by atomic mass is 32.1. The molecule has 2 fully saturated rings. The topological polar surface area (TPSA) is 70.5 Å². The number of likely N-dealkylation sites (tertiary alicyclic amines) is 1. The molecule has 4 aromatic rings. The molecule has 39 heavy (non-hydrogen) atoms. The maximum Gasteiger partial charge on any atom is 0.274 e. The highest BCUT2D eigenvalue weighted by Gasteiger charge is 2.49. The van der Waals surface area contributed by atoms with E-state index in [0.29, 0.717) is 39.3 Å². The predicted octanol–water partition coefficient (Wildman–Crippen LogP) is 5.24. The fourth-order valence-electron chi connectivity index (χ4n) is 6.36. The third kappa shape index (κ3) is 4.29. The average Bonchev–Trinajstić information content (AvgIpc) is 3.70. The van der Waals surface area contributed by atoms with Crippen LogP contribution in [0.15, 0.2) is 48.5 Å². The number of aromatic nitrogens is 2. The van der Waals surface area contributed by atoms with Gasteiger partial charge in [-0.25, -0.2) is 9.37 Å². The first-order chi connectivity index (χ1) is 18.7. The minimum absolute atomic E-state index is 0.111. The van der Waals surface area contributed by atoms with E-state index in [1.165, 1.54) is 23.5 Å². The van der Waals surface area contributed by atoms with E-state index >= 15 is 0 Å². The first kappa shape index (κ1) is 25.6. The van der Waals surface area contributed by atoms with Crippen molar-refractivity contribution >= 4 is 39.2 Å². The third-order valence-electron chi connectivity index (χ3n) is 8.36. The maximum absolute atomic E-state index is 14.2. The summed E-state index contributed by atoms with van der Waals surface area (Å²) in [5.74, 6) is -0.289. The number of rotatable bonds is 6. The van der Waals surface area contributed by atoms with E-state index in [4.69, 9.17) is 4.98 Å². The molecule has 0 unspecified atom stereocenters. The second-order valence-electron chi connectivity index (χ2n) is 10.8. The van der Waals surface area contributed by atoms with E-state index in [2.05, 4.69) is 5.32 Å². The molecule has 9 heteroatoms. The van der Waals surface area contributed by atoms with Gasteiger partial charge in [0.2, 0.25) is 0 Å². The van der Waals surface area contributed by atoms with Gasteiger partial charge in [-0.05, 0) is 55.9 Å². The molecule has 2 aliphatic rings. The van der Waals surface area contributed by atoms with Gasteiger partial charge in [-0.3, -0.25) is 9.59 Å². The van der Waals surface area contributed by atoms with Gasteiger partial charge in [0.15, 0.2) is 5.13 Å². The first-order valence-corrected chi connectivity index (χ1v) is 14.1. The number of amides is 2. The zero-order chi connectivity index (χ0) is 27.4. The van der Waals surface area contributed by atoms with Crippen LogP contribution in [0.4, 0.5) is 9.52 Å². The molecular weight excluding hydrogens is 513 g/mol. The Hall–Kier alpha value is -3.72. The first-order valence-electron chi connectivity index (χ1n) is 13.3. The Kier molecular flexibility index (Phi) is 6.41. The van der Waals surface area contributed by atoms with E-state index in [9.17, 15) is 14.0 Å². The number of para-hydroxylation sites is 1. The van der Waals surface area contributed by atoms with E-state index in [1.807, 2.05) is 72.8 Å². The van der Waals surface area contributed by atoms with Crippen LogP contribution in [0.2, 0.25) is 0 Å². The molecule has 3 heterocycles. The summed E-state index contributed by atoms with van der Waals surface area (Å²) in [6, 6.07) is 14.2. The number of carbonyl (C=O) groups excluding carboxylic acids is 2. The van der Waals surface area contributed by atoms with Crippen molar-refractivity contribution in [2.75, 3.05) is 25.5 Å². The number of hydrogen-bond acceptors (Lipinski definition) is 5. The van der Waals surface area contributed by atoms with Crippen LogP contribution in [0.25, 0.3) is 21.3 Å². The van der Waals surface area contributed by atoms with Gasteiger partial charge < -0.3 is 19.7 Å². The summed E-state index contributed by atoms with van der Waals surface area (Å²) >= 11 is 1.39. The van der Waals surface area contributed by atoms with Gasteiger partial charge in [-0.2, -0.15) is 0 Å².